The molecule has 2 aliphatic heterocycles. The molecule has 3 heterocycles. The number of hydrogen-bond acceptors (Lipinski definition) is 6. The fourth-order valence-corrected chi connectivity index (χ4v) is 5.79. The molecule has 0 aliphatic carbocycles. The van der Waals surface area contributed by atoms with Crippen LogP contribution in [0.3, 0.4) is 0 Å². The van der Waals surface area contributed by atoms with Crippen LogP contribution in [0.4, 0.5) is 5.00 Å². The molecule has 0 radical (unpaired) electrons. The second-order valence-electron chi connectivity index (χ2n) is 8.79. The number of anilines is 1. The molecule has 3 N–H and O–H groups in total. The fourth-order valence-electron chi connectivity index (χ4n) is 4.40. The van der Waals surface area contributed by atoms with E-state index < -0.39 is 12.1 Å². The van der Waals surface area contributed by atoms with Gasteiger partial charge in [0.1, 0.15) is 17.7 Å². The molecule has 0 saturated heterocycles. The number of likely N-dealkylation sites (N-methyl/N-ethyl adjacent to an activating group) is 1. The minimum absolute atomic E-state index is 0.0522. The summed E-state index contributed by atoms with van der Waals surface area (Å²) in [5.74, 6) is 0.303. The van der Waals surface area contributed by atoms with E-state index in [2.05, 4.69) is 17.7 Å². The standard InChI is InChI=1S/C26H27N3O4S/c1-4-32-20-13-17(9-10-19(20)33-26(31)16-7-5-15(2)6-8-16)23-27-24(30)22-18-11-12-29(3)14-21(18)34-25(22)28-23/h5-10,13,23,28H,4,11-12,14H2,1-3H3,(H,27,30)/p+1/t23-/m1/s1. The Kier molecular flexibility index (Phi) is 6.02. The summed E-state index contributed by atoms with van der Waals surface area (Å²) in [5.41, 5.74) is 4.34. The van der Waals surface area contributed by atoms with Crippen LogP contribution in [-0.4, -0.2) is 32.1 Å². The number of amides is 1. The van der Waals surface area contributed by atoms with Crippen LogP contribution in [-0.2, 0) is 13.0 Å². The molecule has 0 bridgehead atoms. The van der Waals surface area contributed by atoms with Crippen molar-refractivity contribution in [2.75, 3.05) is 25.5 Å². The average Bonchev–Trinajstić information content (AvgIpc) is 3.18. The zero-order chi connectivity index (χ0) is 23.8. The summed E-state index contributed by atoms with van der Waals surface area (Å²) >= 11 is 1.67. The van der Waals surface area contributed by atoms with Gasteiger partial charge >= 0.3 is 5.97 Å². The summed E-state index contributed by atoms with van der Waals surface area (Å²) in [6.45, 7) is 6.24. The van der Waals surface area contributed by atoms with Crippen LogP contribution in [0.2, 0.25) is 0 Å². The van der Waals surface area contributed by atoms with E-state index in [0.29, 0.717) is 23.7 Å². The quantitative estimate of drug-likeness (QED) is 0.388. The van der Waals surface area contributed by atoms with E-state index in [1.54, 1.807) is 29.5 Å². The largest absolute Gasteiger partial charge is 0.490 e. The molecule has 0 fully saturated rings. The maximum Gasteiger partial charge on any atom is 0.343 e. The van der Waals surface area contributed by atoms with Crippen LogP contribution < -0.4 is 25.0 Å². The predicted molar refractivity (Wildman–Crippen MR) is 131 cm³/mol. The first-order valence-corrected chi connectivity index (χ1v) is 12.3. The summed E-state index contributed by atoms with van der Waals surface area (Å²) < 4.78 is 11.4. The highest BCUT2D eigenvalue weighted by Gasteiger charge is 2.34. The van der Waals surface area contributed by atoms with Crippen LogP contribution in [0.1, 0.15) is 55.4 Å². The average molecular weight is 479 g/mol. The molecule has 8 heteroatoms. The molecule has 7 nitrogen and oxygen atoms in total. The van der Waals surface area contributed by atoms with Crippen molar-refractivity contribution in [3.8, 4) is 11.5 Å². The van der Waals surface area contributed by atoms with Crippen molar-refractivity contribution in [3.63, 3.8) is 0 Å². The van der Waals surface area contributed by atoms with Crippen LogP contribution in [0.5, 0.6) is 11.5 Å². The summed E-state index contributed by atoms with van der Waals surface area (Å²) in [7, 11) is 2.18. The van der Waals surface area contributed by atoms with Crippen molar-refractivity contribution < 1.29 is 24.0 Å². The number of ether oxygens (including phenoxy) is 2. The molecule has 34 heavy (non-hydrogen) atoms. The first-order valence-electron chi connectivity index (χ1n) is 11.5. The number of rotatable bonds is 5. The normalized spacial score (nSPS) is 18.9. The van der Waals surface area contributed by atoms with Gasteiger partial charge in [-0.05, 0) is 49.2 Å². The number of fused-ring (bicyclic) bond motifs is 3. The molecule has 2 atom stereocenters. The Hall–Kier alpha value is -3.36. The van der Waals surface area contributed by atoms with Gasteiger partial charge in [-0.2, -0.15) is 0 Å². The third-order valence-corrected chi connectivity index (χ3v) is 7.39. The van der Waals surface area contributed by atoms with Crippen LogP contribution in [0, 0.1) is 6.92 Å². The number of carbonyl (C=O) groups is 2. The number of hydrogen-bond donors (Lipinski definition) is 3. The van der Waals surface area contributed by atoms with E-state index in [0.717, 1.165) is 41.2 Å². The molecule has 2 aromatic carbocycles. The van der Waals surface area contributed by atoms with E-state index in [1.165, 1.54) is 15.3 Å². The minimum Gasteiger partial charge on any atom is -0.490 e. The molecule has 2 aliphatic rings. The van der Waals surface area contributed by atoms with Crippen molar-refractivity contribution in [3.05, 3.63) is 75.2 Å². The second kappa shape index (κ2) is 9.12. The zero-order valence-corrected chi connectivity index (χ0v) is 20.3. The monoisotopic (exact) mass is 478 g/mol. The number of thiophene rings is 1. The van der Waals surface area contributed by atoms with Crippen molar-refractivity contribution in [2.24, 2.45) is 0 Å². The van der Waals surface area contributed by atoms with Crippen LogP contribution >= 0.6 is 11.3 Å². The number of esters is 1. The van der Waals surface area contributed by atoms with Gasteiger partial charge in [-0.1, -0.05) is 23.8 Å². The minimum atomic E-state index is -0.446. The molecule has 1 unspecified atom stereocenters. The first-order chi connectivity index (χ1) is 16.4. The number of benzene rings is 2. The van der Waals surface area contributed by atoms with Gasteiger partial charge in [0.25, 0.3) is 5.91 Å². The second-order valence-corrected chi connectivity index (χ2v) is 9.89. The molecular formula is C26H28N3O4S+. The highest BCUT2D eigenvalue weighted by molar-refractivity contribution is 7.16. The highest BCUT2D eigenvalue weighted by Crippen LogP contribution is 2.40. The lowest BCUT2D eigenvalue weighted by molar-refractivity contribution is -0.895. The summed E-state index contributed by atoms with van der Waals surface area (Å²) in [6, 6.07) is 12.6. The van der Waals surface area contributed by atoms with E-state index >= 15 is 0 Å². The van der Waals surface area contributed by atoms with Gasteiger partial charge < -0.3 is 25.0 Å². The van der Waals surface area contributed by atoms with Gasteiger partial charge in [0.2, 0.25) is 0 Å². The molecule has 176 valence electrons. The summed E-state index contributed by atoms with van der Waals surface area (Å²) in [4.78, 5) is 28.4. The van der Waals surface area contributed by atoms with Crippen molar-refractivity contribution in [1.82, 2.24) is 5.32 Å². The lowest BCUT2D eigenvalue weighted by Gasteiger charge is -2.27. The number of aryl methyl sites for hydroxylation is 1. The van der Waals surface area contributed by atoms with Gasteiger partial charge in [0, 0.05) is 6.42 Å². The Morgan fingerprint density at radius 3 is 2.71 bits per heavy atom. The van der Waals surface area contributed by atoms with E-state index in [-0.39, 0.29) is 5.91 Å². The molecular weight excluding hydrogens is 450 g/mol. The van der Waals surface area contributed by atoms with Gasteiger partial charge in [0.15, 0.2) is 11.5 Å². The Labute approximate surface area is 202 Å². The van der Waals surface area contributed by atoms with Crippen molar-refractivity contribution >= 4 is 28.2 Å². The maximum atomic E-state index is 13.0. The Morgan fingerprint density at radius 2 is 1.94 bits per heavy atom. The highest BCUT2D eigenvalue weighted by atomic mass is 32.1. The lowest BCUT2D eigenvalue weighted by atomic mass is 10.0. The third-order valence-electron chi connectivity index (χ3n) is 6.22. The SMILES string of the molecule is CCOc1cc([C@@H]2NC(=O)c3c(sc4c3CC[NH+](C)C4)N2)ccc1OC(=O)c1ccc(C)cc1. The maximum absolute atomic E-state index is 13.0. The van der Waals surface area contributed by atoms with Crippen molar-refractivity contribution in [1.29, 1.82) is 0 Å². The van der Waals surface area contributed by atoms with E-state index in [4.69, 9.17) is 9.47 Å². The smallest absolute Gasteiger partial charge is 0.343 e. The number of carbonyl (C=O) groups excluding carboxylic acids is 2. The summed E-state index contributed by atoms with van der Waals surface area (Å²) in [6.07, 6.45) is 0.522. The molecule has 1 aromatic heterocycles. The Bertz CT molecular complexity index is 1250. The number of nitrogens with one attached hydrogen (secondary N) is 3. The molecule has 0 spiro atoms. The van der Waals surface area contributed by atoms with Crippen LogP contribution in [0.25, 0.3) is 0 Å². The van der Waals surface area contributed by atoms with Crippen LogP contribution in [0.15, 0.2) is 42.5 Å². The molecule has 3 aromatic rings. The predicted octanol–water partition coefficient (Wildman–Crippen LogP) is 3.10. The van der Waals surface area contributed by atoms with Gasteiger partial charge in [-0.3, -0.25) is 4.79 Å². The molecule has 5 rings (SSSR count). The Morgan fingerprint density at radius 1 is 1.15 bits per heavy atom. The Balaban J connectivity index is 1.39. The first kappa shape index (κ1) is 22.4. The van der Waals surface area contributed by atoms with Crippen molar-refractivity contribution in [2.45, 2.75) is 33.0 Å². The van der Waals surface area contributed by atoms with Gasteiger partial charge in [-0.25, -0.2) is 4.79 Å². The molecule has 0 saturated carbocycles. The van der Waals surface area contributed by atoms with Gasteiger partial charge in [0.05, 0.1) is 36.2 Å². The van der Waals surface area contributed by atoms with E-state index in [9.17, 15) is 9.59 Å². The third kappa shape index (κ3) is 4.26. The molecule has 1 amide bonds. The zero-order valence-electron chi connectivity index (χ0n) is 19.5. The summed E-state index contributed by atoms with van der Waals surface area (Å²) in [5, 5.41) is 7.49. The van der Waals surface area contributed by atoms with E-state index in [1.807, 2.05) is 38.1 Å². The lowest BCUT2D eigenvalue weighted by Crippen LogP contribution is -3.08. The topological polar surface area (TPSA) is 81.1 Å². The van der Waals surface area contributed by atoms with Gasteiger partial charge in [-0.15, -0.1) is 11.3 Å². The number of quaternary nitrogens is 1. The fraction of sp³-hybridized carbons (Fsp3) is 0.308.